The van der Waals surface area contributed by atoms with E-state index in [4.69, 9.17) is 0 Å². The molecule has 2 fully saturated rings. The predicted octanol–water partition coefficient (Wildman–Crippen LogP) is 3.15. The summed E-state index contributed by atoms with van der Waals surface area (Å²) in [7, 11) is 0. The number of aromatic nitrogens is 1. The van der Waals surface area contributed by atoms with E-state index in [1.807, 2.05) is 40.1 Å². The topological polar surface area (TPSA) is 39.7 Å². The minimum atomic E-state index is -4.37. The summed E-state index contributed by atoms with van der Waals surface area (Å²) in [5.41, 5.74) is 0.410. The van der Waals surface area contributed by atoms with Crippen LogP contribution in [0.15, 0.2) is 48.7 Å². The highest BCUT2D eigenvalue weighted by atomic mass is 19.4. The Morgan fingerprint density at radius 2 is 1.71 bits per heavy atom. The van der Waals surface area contributed by atoms with Gasteiger partial charge >= 0.3 is 6.18 Å². The molecule has 28 heavy (non-hydrogen) atoms. The molecule has 1 amide bonds. The maximum atomic E-state index is 12.7. The van der Waals surface area contributed by atoms with Crippen molar-refractivity contribution in [1.29, 1.82) is 0 Å². The van der Waals surface area contributed by atoms with Gasteiger partial charge in [-0.2, -0.15) is 13.2 Å². The molecule has 2 aliphatic rings. The Balaban J connectivity index is 1.32. The Morgan fingerprint density at radius 1 is 1.00 bits per heavy atom. The van der Waals surface area contributed by atoms with Crippen LogP contribution in [0.25, 0.3) is 0 Å². The fourth-order valence-electron chi connectivity index (χ4n) is 3.68. The van der Waals surface area contributed by atoms with E-state index < -0.39 is 11.7 Å². The SMILES string of the molecule is O=C1CC(c2ccccc2)N1CN1CCN(c2ccc(C(F)(F)F)cn2)CC1. The number of hydrogen-bond acceptors (Lipinski definition) is 4. The number of carbonyl (C=O) groups is 1. The predicted molar refractivity (Wildman–Crippen MR) is 98.5 cm³/mol. The monoisotopic (exact) mass is 390 g/mol. The van der Waals surface area contributed by atoms with Crippen molar-refractivity contribution in [2.45, 2.75) is 18.6 Å². The number of amides is 1. The molecule has 1 unspecified atom stereocenters. The lowest BCUT2D eigenvalue weighted by molar-refractivity contribution is -0.150. The molecular weight excluding hydrogens is 369 g/mol. The number of alkyl halides is 3. The first-order valence-corrected chi connectivity index (χ1v) is 9.27. The van der Waals surface area contributed by atoms with Crippen molar-refractivity contribution in [3.63, 3.8) is 0 Å². The second-order valence-electron chi connectivity index (χ2n) is 7.14. The lowest BCUT2D eigenvalue weighted by Crippen LogP contribution is -2.55. The molecule has 4 rings (SSSR count). The van der Waals surface area contributed by atoms with Gasteiger partial charge in [-0.3, -0.25) is 9.69 Å². The van der Waals surface area contributed by atoms with Gasteiger partial charge in [0, 0.05) is 32.4 Å². The van der Waals surface area contributed by atoms with E-state index in [9.17, 15) is 18.0 Å². The lowest BCUT2D eigenvalue weighted by Gasteiger charge is -2.45. The molecule has 2 aliphatic heterocycles. The Kier molecular flexibility index (Phi) is 4.97. The third-order valence-corrected chi connectivity index (χ3v) is 5.37. The molecule has 148 valence electrons. The fraction of sp³-hybridized carbons (Fsp3) is 0.400. The summed E-state index contributed by atoms with van der Waals surface area (Å²) in [6, 6.07) is 12.6. The van der Waals surface area contributed by atoms with Crippen molar-refractivity contribution in [2.75, 3.05) is 37.7 Å². The summed E-state index contributed by atoms with van der Waals surface area (Å²) in [4.78, 5) is 22.1. The molecular formula is C20H21F3N4O. The van der Waals surface area contributed by atoms with Gasteiger partial charge in [0.15, 0.2) is 0 Å². The van der Waals surface area contributed by atoms with Gasteiger partial charge in [-0.05, 0) is 17.7 Å². The first-order valence-electron chi connectivity index (χ1n) is 9.27. The van der Waals surface area contributed by atoms with Gasteiger partial charge in [-0.15, -0.1) is 0 Å². The normalized spacial score (nSPS) is 21.0. The molecule has 1 atom stereocenters. The van der Waals surface area contributed by atoms with E-state index in [0.29, 0.717) is 32.0 Å². The van der Waals surface area contributed by atoms with Crippen LogP contribution in [0.2, 0.25) is 0 Å². The summed E-state index contributed by atoms with van der Waals surface area (Å²) >= 11 is 0. The minimum absolute atomic E-state index is 0.128. The summed E-state index contributed by atoms with van der Waals surface area (Å²) in [6.45, 7) is 3.36. The molecule has 3 heterocycles. The molecule has 5 nitrogen and oxygen atoms in total. The van der Waals surface area contributed by atoms with Gasteiger partial charge in [0.2, 0.25) is 5.91 Å². The highest BCUT2D eigenvalue weighted by Gasteiger charge is 2.38. The van der Waals surface area contributed by atoms with Gasteiger partial charge in [0.1, 0.15) is 5.82 Å². The molecule has 0 saturated carbocycles. The summed E-state index contributed by atoms with van der Waals surface area (Å²) in [6.07, 6.45) is -2.95. The van der Waals surface area contributed by atoms with Gasteiger partial charge in [0.05, 0.1) is 24.7 Å². The van der Waals surface area contributed by atoms with E-state index in [0.717, 1.165) is 30.9 Å². The van der Waals surface area contributed by atoms with Crippen LogP contribution in [0, 0.1) is 0 Å². The smallest absolute Gasteiger partial charge is 0.354 e. The van der Waals surface area contributed by atoms with Gasteiger partial charge in [-0.25, -0.2) is 4.98 Å². The van der Waals surface area contributed by atoms with E-state index in [1.165, 1.54) is 6.07 Å². The van der Waals surface area contributed by atoms with E-state index >= 15 is 0 Å². The van der Waals surface area contributed by atoms with Crippen molar-refractivity contribution >= 4 is 11.7 Å². The number of halogens is 3. The minimum Gasteiger partial charge on any atom is -0.354 e. The second-order valence-corrected chi connectivity index (χ2v) is 7.14. The quantitative estimate of drug-likeness (QED) is 0.752. The molecule has 2 aromatic rings. The van der Waals surface area contributed by atoms with E-state index in [2.05, 4.69) is 9.88 Å². The molecule has 0 N–H and O–H groups in total. The number of nitrogens with zero attached hydrogens (tertiary/aromatic N) is 4. The third-order valence-electron chi connectivity index (χ3n) is 5.37. The molecule has 2 saturated heterocycles. The average molecular weight is 390 g/mol. The van der Waals surface area contributed by atoms with Crippen LogP contribution < -0.4 is 4.90 Å². The average Bonchev–Trinajstić information content (AvgIpc) is 2.71. The van der Waals surface area contributed by atoms with Gasteiger partial charge in [0.25, 0.3) is 0 Å². The number of benzene rings is 1. The zero-order chi connectivity index (χ0) is 19.7. The lowest BCUT2D eigenvalue weighted by atomic mass is 9.94. The molecule has 1 aromatic heterocycles. The summed E-state index contributed by atoms with van der Waals surface area (Å²) in [5.74, 6) is 0.704. The van der Waals surface area contributed by atoms with Crippen LogP contribution in [-0.2, 0) is 11.0 Å². The van der Waals surface area contributed by atoms with Crippen molar-refractivity contribution in [3.8, 4) is 0 Å². The Morgan fingerprint density at radius 3 is 2.29 bits per heavy atom. The maximum Gasteiger partial charge on any atom is 0.417 e. The van der Waals surface area contributed by atoms with Crippen LogP contribution in [0.4, 0.5) is 19.0 Å². The summed E-state index contributed by atoms with van der Waals surface area (Å²) < 4.78 is 38.0. The first-order chi connectivity index (χ1) is 13.4. The van der Waals surface area contributed by atoms with Crippen molar-refractivity contribution in [2.24, 2.45) is 0 Å². The second kappa shape index (κ2) is 7.43. The number of carbonyl (C=O) groups excluding carboxylic acids is 1. The molecule has 0 radical (unpaired) electrons. The van der Waals surface area contributed by atoms with Crippen LogP contribution >= 0.6 is 0 Å². The molecule has 0 bridgehead atoms. The van der Waals surface area contributed by atoms with E-state index in [1.54, 1.807) is 0 Å². The third kappa shape index (κ3) is 3.82. The Bertz CT molecular complexity index is 818. The molecule has 0 aliphatic carbocycles. The number of piperazine rings is 1. The zero-order valence-electron chi connectivity index (χ0n) is 15.3. The molecule has 8 heteroatoms. The van der Waals surface area contributed by atoms with Crippen LogP contribution in [0.1, 0.15) is 23.6 Å². The van der Waals surface area contributed by atoms with Gasteiger partial charge in [-0.1, -0.05) is 30.3 Å². The standard InChI is InChI=1S/C20H21F3N4O/c21-20(22,23)16-6-7-18(24-13-16)26-10-8-25(9-11-26)14-27-17(12-19(27)28)15-4-2-1-3-5-15/h1-7,13,17H,8-12,14H2. The number of β-lactam (4-membered cyclic amide) rings is 1. The number of anilines is 1. The number of likely N-dealkylation sites (tertiary alicyclic amines) is 1. The molecule has 1 aromatic carbocycles. The Labute approximate surface area is 161 Å². The van der Waals surface area contributed by atoms with Gasteiger partial charge < -0.3 is 9.80 Å². The number of pyridine rings is 1. The molecule has 0 spiro atoms. The van der Waals surface area contributed by atoms with Crippen molar-refractivity contribution in [3.05, 3.63) is 59.8 Å². The van der Waals surface area contributed by atoms with Crippen molar-refractivity contribution < 1.29 is 18.0 Å². The summed E-state index contributed by atoms with van der Waals surface area (Å²) in [5, 5.41) is 0. The number of hydrogen-bond donors (Lipinski definition) is 0. The van der Waals surface area contributed by atoms with Crippen LogP contribution in [0.5, 0.6) is 0 Å². The maximum absolute atomic E-state index is 12.7. The zero-order valence-corrected chi connectivity index (χ0v) is 15.3. The highest BCUT2D eigenvalue weighted by molar-refractivity contribution is 5.83. The number of rotatable bonds is 4. The highest BCUT2D eigenvalue weighted by Crippen LogP contribution is 2.34. The Hall–Kier alpha value is -2.61. The van der Waals surface area contributed by atoms with Crippen LogP contribution in [0.3, 0.4) is 0 Å². The largest absolute Gasteiger partial charge is 0.417 e. The first kappa shape index (κ1) is 18.7. The fourth-order valence-corrected chi connectivity index (χ4v) is 3.68. The van der Waals surface area contributed by atoms with Crippen molar-refractivity contribution in [1.82, 2.24) is 14.8 Å². The van der Waals surface area contributed by atoms with E-state index in [-0.39, 0.29) is 11.9 Å². The van der Waals surface area contributed by atoms with Crippen LogP contribution in [-0.4, -0.2) is 53.5 Å².